The van der Waals surface area contributed by atoms with Gasteiger partial charge in [-0.25, -0.2) is 13.1 Å². The van der Waals surface area contributed by atoms with E-state index in [1.165, 1.54) is 24.3 Å². The Hall–Kier alpha value is -1.38. The van der Waals surface area contributed by atoms with Gasteiger partial charge in [-0.15, -0.1) is 0 Å². The van der Waals surface area contributed by atoms with Crippen LogP contribution in [-0.4, -0.2) is 14.5 Å². The minimum Gasteiger partial charge on any atom is -0.208 e. The number of nitriles is 1. The van der Waals surface area contributed by atoms with E-state index in [4.69, 9.17) is 5.26 Å². The van der Waals surface area contributed by atoms with Crippen molar-refractivity contribution in [2.24, 2.45) is 11.8 Å². The van der Waals surface area contributed by atoms with Crippen molar-refractivity contribution < 1.29 is 8.42 Å². The number of nitrogens with zero attached hydrogens (tertiary/aromatic N) is 1. The molecule has 0 heterocycles. The summed E-state index contributed by atoms with van der Waals surface area (Å²) in [6.07, 6.45) is 3.11. The van der Waals surface area contributed by atoms with Gasteiger partial charge in [0.15, 0.2) is 0 Å². The molecule has 3 atom stereocenters. The molecule has 1 aromatic carbocycles. The second kappa shape index (κ2) is 5.94. The summed E-state index contributed by atoms with van der Waals surface area (Å²) in [7, 11) is -3.50. The highest BCUT2D eigenvalue weighted by molar-refractivity contribution is 7.89. The summed E-state index contributed by atoms with van der Waals surface area (Å²) in [6, 6.07) is 8.01. The molecule has 5 heteroatoms. The molecule has 2 rings (SSSR count). The van der Waals surface area contributed by atoms with Gasteiger partial charge < -0.3 is 0 Å². The first-order chi connectivity index (χ1) is 9.44. The minimum absolute atomic E-state index is 0.000562. The van der Waals surface area contributed by atoms with Gasteiger partial charge in [0.1, 0.15) is 0 Å². The molecule has 0 aliphatic heterocycles. The summed E-state index contributed by atoms with van der Waals surface area (Å²) in [4.78, 5) is 0.224. The van der Waals surface area contributed by atoms with Crippen LogP contribution in [0.5, 0.6) is 0 Å². The molecule has 1 N–H and O–H groups in total. The predicted molar refractivity (Wildman–Crippen MR) is 77.4 cm³/mol. The maximum absolute atomic E-state index is 12.4. The molecule has 0 spiro atoms. The first-order valence-electron chi connectivity index (χ1n) is 6.96. The predicted octanol–water partition coefficient (Wildman–Crippen LogP) is 2.66. The minimum atomic E-state index is -3.50. The molecule has 20 heavy (non-hydrogen) atoms. The first-order valence-corrected chi connectivity index (χ1v) is 8.45. The van der Waals surface area contributed by atoms with Gasteiger partial charge in [-0.05, 0) is 42.5 Å². The van der Waals surface area contributed by atoms with Crippen molar-refractivity contribution >= 4 is 10.0 Å². The van der Waals surface area contributed by atoms with E-state index in [1.54, 1.807) is 0 Å². The van der Waals surface area contributed by atoms with Crippen molar-refractivity contribution in [3.8, 4) is 6.07 Å². The zero-order valence-corrected chi connectivity index (χ0v) is 12.7. The highest BCUT2D eigenvalue weighted by atomic mass is 32.2. The highest BCUT2D eigenvalue weighted by Gasteiger charge is 2.30. The topological polar surface area (TPSA) is 70.0 Å². The Morgan fingerprint density at radius 3 is 2.45 bits per heavy atom. The number of rotatable bonds is 3. The van der Waals surface area contributed by atoms with Crippen LogP contribution in [0.2, 0.25) is 0 Å². The molecular weight excluding hydrogens is 272 g/mol. The standard InChI is InChI=1S/C15H20N2O2S/c1-11-4-3-5-15(12(11)2)17-20(18,19)14-8-6-13(10-16)7-9-14/h6-9,11-12,15,17H,3-5H2,1-2H3/t11-,12-,15+/m1/s1. The van der Waals surface area contributed by atoms with Crippen LogP contribution < -0.4 is 4.72 Å². The van der Waals surface area contributed by atoms with Crippen LogP contribution in [0, 0.1) is 23.2 Å². The van der Waals surface area contributed by atoms with Crippen LogP contribution in [0.3, 0.4) is 0 Å². The number of benzene rings is 1. The van der Waals surface area contributed by atoms with Gasteiger partial charge in [0.2, 0.25) is 10.0 Å². The number of sulfonamides is 1. The summed E-state index contributed by atoms with van der Waals surface area (Å²) < 4.78 is 27.5. The average molecular weight is 292 g/mol. The van der Waals surface area contributed by atoms with Crippen molar-refractivity contribution in [1.82, 2.24) is 4.72 Å². The van der Waals surface area contributed by atoms with Crippen molar-refractivity contribution in [3.05, 3.63) is 29.8 Å². The second-order valence-corrected chi connectivity index (χ2v) is 7.35. The van der Waals surface area contributed by atoms with E-state index in [1.807, 2.05) is 6.07 Å². The Bertz CT molecular complexity index is 602. The Labute approximate surface area is 120 Å². The quantitative estimate of drug-likeness (QED) is 0.931. The van der Waals surface area contributed by atoms with Gasteiger partial charge in [0.25, 0.3) is 0 Å². The van der Waals surface area contributed by atoms with Gasteiger partial charge in [0, 0.05) is 6.04 Å². The fourth-order valence-corrected chi connectivity index (χ4v) is 4.09. The van der Waals surface area contributed by atoms with Gasteiger partial charge in [-0.1, -0.05) is 26.7 Å². The molecule has 0 aromatic heterocycles. The molecule has 0 amide bonds. The summed E-state index contributed by atoms with van der Waals surface area (Å²) >= 11 is 0. The lowest BCUT2D eigenvalue weighted by molar-refractivity contribution is 0.227. The van der Waals surface area contributed by atoms with E-state index in [-0.39, 0.29) is 10.9 Å². The maximum atomic E-state index is 12.4. The highest BCUT2D eigenvalue weighted by Crippen LogP contribution is 2.30. The molecule has 1 aromatic rings. The van der Waals surface area contributed by atoms with Gasteiger partial charge in [-0.2, -0.15) is 5.26 Å². The van der Waals surface area contributed by atoms with Gasteiger partial charge in [0.05, 0.1) is 16.5 Å². The van der Waals surface area contributed by atoms with Crippen LogP contribution in [-0.2, 0) is 10.0 Å². The summed E-state index contributed by atoms with van der Waals surface area (Å²) in [6.45, 7) is 4.28. The molecule has 0 unspecified atom stereocenters. The number of hydrogen-bond donors (Lipinski definition) is 1. The van der Waals surface area contributed by atoms with E-state index < -0.39 is 10.0 Å². The van der Waals surface area contributed by atoms with E-state index in [9.17, 15) is 8.42 Å². The maximum Gasteiger partial charge on any atom is 0.240 e. The smallest absolute Gasteiger partial charge is 0.208 e. The van der Waals surface area contributed by atoms with Crippen molar-refractivity contribution in [1.29, 1.82) is 5.26 Å². The van der Waals surface area contributed by atoms with Gasteiger partial charge >= 0.3 is 0 Å². The molecule has 0 radical (unpaired) electrons. The van der Waals surface area contributed by atoms with Crippen LogP contribution in [0.4, 0.5) is 0 Å². The fraction of sp³-hybridized carbons (Fsp3) is 0.533. The third-order valence-electron chi connectivity index (χ3n) is 4.31. The van der Waals surface area contributed by atoms with E-state index in [2.05, 4.69) is 18.6 Å². The third-order valence-corrected chi connectivity index (χ3v) is 5.81. The lowest BCUT2D eigenvalue weighted by atomic mass is 9.78. The Balaban J connectivity index is 2.16. The lowest BCUT2D eigenvalue weighted by Crippen LogP contribution is -2.43. The van der Waals surface area contributed by atoms with Crippen LogP contribution >= 0.6 is 0 Å². The lowest BCUT2D eigenvalue weighted by Gasteiger charge is -2.34. The summed E-state index contributed by atoms with van der Waals surface area (Å²) in [5.74, 6) is 0.884. The molecule has 1 aliphatic carbocycles. The van der Waals surface area contributed by atoms with E-state index >= 15 is 0 Å². The molecule has 108 valence electrons. The summed E-state index contributed by atoms with van der Waals surface area (Å²) in [5, 5.41) is 8.74. The first kappa shape index (κ1) is 15.0. The van der Waals surface area contributed by atoms with Crippen molar-refractivity contribution in [2.45, 2.75) is 44.0 Å². The second-order valence-electron chi connectivity index (χ2n) is 5.63. The Morgan fingerprint density at radius 1 is 1.20 bits per heavy atom. The average Bonchev–Trinajstić information content (AvgIpc) is 2.44. The molecule has 0 bridgehead atoms. The molecule has 1 aliphatic rings. The molecular formula is C15H20N2O2S. The van der Waals surface area contributed by atoms with Crippen LogP contribution in [0.15, 0.2) is 29.2 Å². The molecule has 4 nitrogen and oxygen atoms in total. The molecule has 0 saturated heterocycles. The normalized spacial score (nSPS) is 26.9. The van der Waals surface area contributed by atoms with E-state index in [0.717, 1.165) is 19.3 Å². The SMILES string of the molecule is C[C@@H]1[C@H](C)CCC[C@@H]1NS(=O)(=O)c1ccc(C#N)cc1. The van der Waals surface area contributed by atoms with Crippen LogP contribution in [0.1, 0.15) is 38.7 Å². The Morgan fingerprint density at radius 2 is 1.85 bits per heavy atom. The zero-order chi connectivity index (χ0) is 14.8. The summed E-state index contributed by atoms with van der Waals surface area (Å²) in [5.41, 5.74) is 0.462. The zero-order valence-electron chi connectivity index (χ0n) is 11.8. The largest absolute Gasteiger partial charge is 0.240 e. The Kier molecular flexibility index (Phi) is 4.46. The van der Waals surface area contributed by atoms with Gasteiger partial charge in [-0.3, -0.25) is 0 Å². The third kappa shape index (κ3) is 3.20. The molecule has 1 saturated carbocycles. The molecule has 1 fully saturated rings. The fourth-order valence-electron chi connectivity index (χ4n) is 2.72. The van der Waals surface area contributed by atoms with Crippen LogP contribution in [0.25, 0.3) is 0 Å². The number of nitrogens with one attached hydrogen (secondary N) is 1. The van der Waals surface area contributed by atoms with Crippen molar-refractivity contribution in [2.75, 3.05) is 0 Å². The van der Waals surface area contributed by atoms with E-state index in [0.29, 0.717) is 17.4 Å². The monoisotopic (exact) mass is 292 g/mol. The van der Waals surface area contributed by atoms with Crippen molar-refractivity contribution in [3.63, 3.8) is 0 Å². The number of hydrogen-bond acceptors (Lipinski definition) is 3.